The fourth-order valence-corrected chi connectivity index (χ4v) is 0. The van der Waals surface area contributed by atoms with Crippen molar-refractivity contribution in [2.75, 3.05) is 0 Å². The second kappa shape index (κ2) is 52.1. The summed E-state index contributed by atoms with van der Waals surface area (Å²) < 4.78 is 0. The van der Waals surface area contributed by atoms with E-state index in [2.05, 4.69) is 0 Å². The van der Waals surface area contributed by atoms with Gasteiger partial charge >= 0.3 is 17.4 Å². The Morgan fingerprint density at radius 2 is 0.667 bits per heavy atom. The van der Waals surface area contributed by atoms with Gasteiger partial charge in [0.15, 0.2) is 0 Å². The van der Waals surface area contributed by atoms with E-state index in [9.17, 15) is 0 Å². The van der Waals surface area contributed by atoms with Crippen molar-refractivity contribution < 1.29 is 39.3 Å². The van der Waals surface area contributed by atoms with Crippen LogP contribution in [-0.2, 0) is 17.4 Å². The van der Waals surface area contributed by atoms with E-state index < -0.39 is 0 Å². The number of rotatable bonds is 0. The van der Waals surface area contributed by atoms with Crippen LogP contribution in [0.5, 0.6) is 0 Å². The fraction of sp³-hybridized carbons (Fsp3) is 0. The quantitative estimate of drug-likeness (QED) is 0.479. The SMILES string of the molecule is O.O.[Cr+2].[Cs].[OH-].[OH-]. The van der Waals surface area contributed by atoms with Crippen LogP contribution < -0.4 is 0 Å². The van der Waals surface area contributed by atoms with Gasteiger partial charge in [0, 0.05) is 68.9 Å². The zero-order valence-electron chi connectivity index (χ0n) is 3.30. The molecule has 4 nitrogen and oxygen atoms in total. The van der Waals surface area contributed by atoms with Crippen molar-refractivity contribution in [1.82, 2.24) is 0 Å². The van der Waals surface area contributed by atoms with Crippen LogP contribution in [0, 0.1) is 0 Å². The molecule has 0 bridgehead atoms. The van der Waals surface area contributed by atoms with Crippen LogP contribution in [0.3, 0.4) is 0 Å². The second-order valence-electron chi connectivity index (χ2n) is 0. The molecule has 37 valence electrons. The summed E-state index contributed by atoms with van der Waals surface area (Å²) in [6, 6.07) is 0. The predicted molar refractivity (Wildman–Crippen MR) is 16.9 cm³/mol. The van der Waals surface area contributed by atoms with Crippen LogP contribution in [0.2, 0.25) is 0 Å². The molecule has 0 unspecified atom stereocenters. The Morgan fingerprint density at radius 1 is 0.667 bits per heavy atom. The van der Waals surface area contributed by atoms with Gasteiger partial charge in [-0.3, -0.25) is 0 Å². The molecule has 1 radical (unpaired) electrons. The first-order chi connectivity index (χ1) is 0. The molecule has 0 spiro atoms. The molecule has 0 aromatic rings. The minimum absolute atomic E-state index is 0. The summed E-state index contributed by atoms with van der Waals surface area (Å²) in [6.45, 7) is 0. The third-order valence-corrected chi connectivity index (χ3v) is 0. The van der Waals surface area contributed by atoms with Gasteiger partial charge in [0.25, 0.3) is 0 Å². The molecular formula is H6CrCsO4. The first-order valence-corrected chi connectivity index (χ1v) is 0. The van der Waals surface area contributed by atoms with Crippen LogP contribution in [0.25, 0.3) is 0 Å². The smallest absolute Gasteiger partial charge is 0.870 e. The topological polar surface area (TPSA) is 123 Å². The van der Waals surface area contributed by atoms with Crippen LogP contribution in [0.1, 0.15) is 0 Å². The first-order valence-electron chi connectivity index (χ1n) is 0. The molecule has 0 aliphatic rings. The Balaban J connectivity index is 0. The zero-order valence-corrected chi connectivity index (χ0v) is 10.9. The van der Waals surface area contributed by atoms with Crippen LogP contribution in [0.4, 0.5) is 0 Å². The molecule has 6 heavy (non-hydrogen) atoms. The van der Waals surface area contributed by atoms with E-state index in [0.29, 0.717) is 0 Å². The van der Waals surface area contributed by atoms with Crippen molar-refractivity contribution in [2.24, 2.45) is 0 Å². The molecule has 6 heteroatoms. The maximum Gasteiger partial charge on any atom is 2.00 e. The third-order valence-electron chi connectivity index (χ3n) is 0. The minimum Gasteiger partial charge on any atom is -0.870 e. The van der Waals surface area contributed by atoms with E-state index in [-0.39, 0.29) is 108 Å². The Morgan fingerprint density at radius 3 is 0.667 bits per heavy atom. The standard InChI is InChI=1S/Cr.Cs.4H2O/h;;4*1H2/q+2;;;;;/p-2. The average molecular weight is 255 g/mol. The molecule has 0 heterocycles. The molecule has 0 aromatic heterocycles. The van der Waals surface area contributed by atoms with Gasteiger partial charge in [0.05, 0.1) is 0 Å². The molecule has 0 aliphatic carbocycles. The fourth-order valence-electron chi connectivity index (χ4n) is 0. The minimum atomic E-state index is 0. The molecule has 0 aromatic carbocycles. The Bertz CT molecular complexity index is 7.51. The molecule has 0 saturated carbocycles. The summed E-state index contributed by atoms with van der Waals surface area (Å²) in [5.41, 5.74) is 0. The predicted octanol–water partition coefficient (Wildman–Crippen LogP) is -2.39. The van der Waals surface area contributed by atoms with Crippen molar-refractivity contribution in [3.05, 3.63) is 0 Å². The van der Waals surface area contributed by atoms with E-state index in [0.717, 1.165) is 0 Å². The first kappa shape index (κ1) is 79.0. The van der Waals surface area contributed by atoms with E-state index in [1.165, 1.54) is 0 Å². The normalized spacial score (nSPS) is 0. The zero-order chi connectivity index (χ0) is 0. The third kappa shape index (κ3) is 32.2. The summed E-state index contributed by atoms with van der Waals surface area (Å²) in [4.78, 5) is 0. The Labute approximate surface area is 105 Å². The molecule has 0 aliphatic heterocycles. The van der Waals surface area contributed by atoms with Gasteiger partial charge < -0.3 is 21.9 Å². The van der Waals surface area contributed by atoms with Gasteiger partial charge in [-0.25, -0.2) is 0 Å². The summed E-state index contributed by atoms with van der Waals surface area (Å²) in [6.07, 6.45) is 0. The van der Waals surface area contributed by atoms with Gasteiger partial charge in [0.2, 0.25) is 0 Å². The summed E-state index contributed by atoms with van der Waals surface area (Å²) in [5.74, 6) is 0. The molecule has 6 N–H and O–H groups in total. The van der Waals surface area contributed by atoms with Crippen molar-refractivity contribution in [2.45, 2.75) is 0 Å². The van der Waals surface area contributed by atoms with Crippen LogP contribution in [0.15, 0.2) is 0 Å². The van der Waals surface area contributed by atoms with Crippen LogP contribution >= 0.6 is 0 Å². The van der Waals surface area contributed by atoms with Gasteiger partial charge in [-0.2, -0.15) is 0 Å². The maximum absolute atomic E-state index is 0. The average Bonchev–Trinajstić information content (AvgIpc) is 0. The molecule has 0 fully saturated rings. The van der Waals surface area contributed by atoms with E-state index in [1.54, 1.807) is 0 Å². The Hall–Kier alpha value is 2.42. The monoisotopic (exact) mass is 255 g/mol. The van der Waals surface area contributed by atoms with E-state index >= 15 is 0 Å². The largest absolute Gasteiger partial charge is 2.00 e. The molecule has 0 amide bonds. The second-order valence-corrected chi connectivity index (χ2v) is 0. The van der Waals surface area contributed by atoms with Crippen molar-refractivity contribution in [1.29, 1.82) is 0 Å². The van der Waals surface area contributed by atoms with Crippen LogP contribution in [-0.4, -0.2) is 90.8 Å². The number of hydrogen-bond donors (Lipinski definition) is 0. The molecule has 0 rings (SSSR count). The maximum atomic E-state index is 0. The molecular weight excluding hydrogens is 249 g/mol. The van der Waals surface area contributed by atoms with E-state index in [4.69, 9.17) is 0 Å². The molecule has 0 saturated heterocycles. The van der Waals surface area contributed by atoms with E-state index in [1.807, 2.05) is 0 Å². The van der Waals surface area contributed by atoms with Crippen molar-refractivity contribution in [3.63, 3.8) is 0 Å². The van der Waals surface area contributed by atoms with Crippen molar-refractivity contribution in [3.8, 4) is 0 Å². The molecule has 0 atom stereocenters. The van der Waals surface area contributed by atoms with Gasteiger partial charge in [-0.1, -0.05) is 0 Å². The summed E-state index contributed by atoms with van der Waals surface area (Å²) in [5, 5.41) is 0. The number of hydrogen-bond acceptors (Lipinski definition) is 2. The van der Waals surface area contributed by atoms with Gasteiger partial charge in [0.1, 0.15) is 0 Å². The Kier molecular flexibility index (Phi) is 686. The van der Waals surface area contributed by atoms with Crippen molar-refractivity contribution >= 4 is 68.9 Å². The van der Waals surface area contributed by atoms with Gasteiger partial charge in [-0.05, 0) is 0 Å². The summed E-state index contributed by atoms with van der Waals surface area (Å²) in [7, 11) is 0. The van der Waals surface area contributed by atoms with Gasteiger partial charge in [-0.15, -0.1) is 0 Å². The summed E-state index contributed by atoms with van der Waals surface area (Å²) >= 11 is 0.